The van der Waals surface area contributed by atoms with Crippen molar-refractivity contribution in [3.63, 3.8) is 0 Å². The Morgan fingerprint density at radius 1 is 0.800 bits per heavy atom. The minimum atomic E-state index is -0.808. The fraction of sp³-hybridized carbons (Fsp3) is 0.188. The summed E-state index contributed by atoms with van der Waals surface area (Å²) in [5.74, 6) is 0.628. The number of amides is 2. The van der Waals surface area contributed by atoms with Gasteiger partial charge >= 0.3 is 6.09 Å². The molecule has 40 heavy (non-hydrogen) atoms. The second kappa shape index (κ2) is 11.8. The van der Waals surface area contributed by atoms with Gasteiger partial charge in [-0.2, -0.15) is 0 Å². The molecule has 4 aromatic carbocycles. The Kier molecular flexibility index (Phi) is 7.87. The molecule has 1 radical (unpaired) electrons. The molecule has 0 fully saturated rings. The van der Waals surface area contributed by atoms with Crippen LogP contribution in [-0.2, 0) is 16.1 Å². The predicted molar refractivity (Wildman–Crippen MR) is 151 cm³/mol. The highest BCUT2D eigenvalue weighted by molar-refractivity contribution is 5.90. The Balaban J connectivity index is 1.41. The van der Waals surface area contributed by atoms with Crippen LogP contribution in [0, 0.1) is 0 Å². The maximum absolute atomic E-state index is 13.7. The van der Waals surface area contributed by atoms with E-state index in [9.17, 15) is 9.59 Å². The smallest absolute Gasteiger partial charge is 0.414 e. The van der Waals surface area contributed by atoms with E-state index in [1.165, 1.54) is 12.0 Å². The number of hydrogen-bond donors (Lipinski definition) is 0. The van der Waals surface area contributed by atoms with Gasteiger partial charge < -0.3 is 18.9 Å². The maximum atomic E-state index is 13.7. The van der Waals surface area contributed by atoms with E-state index in [0.717, 1.165) is 27.8 Å². The average molecular weight is 538 g/mol. The zero-order valence-electron chi connectivity index (χ0n) is 22.3. The summed E-state index contributed by atoms with van der Waals surface area (Å²) in [6.45, 7) is 0.0427. The number of benzene rings is 4. The van der Waals surface area contributed by atoms with Crippen LogP contribution < -0.4 is 24.8 Å². The molecule has 0 spiro atoms. The maximum Gasteiger partial charge on any atom is 0.414 e. The van der Waals surface area contributed by atoms with Crippen molar-refractivity contribution in [1.82, 2.24) is 5.73 Å². The van der Waals surface area contributed by atoms with Crippen molar-refractivity contribution in [1.29, 1.82) is 0 Å². The molecule has 2 amide bonds. The number of methoxy groups -OCH3 is 2. The molecule has 0 saturated carbocycles. The van der Waals surface area contributed by atoms with Gasteiger partial charge in [-0.25, -0.2) is 4.79 Å². The van der Waals surface area contributed by atoms with Crippen molar-refractivity contribution >= 4 is 17.7 Å². The number of fused-ring (bicyclic) bond motifs is 3. The number of rotatable bonds is 10. The molecule has 5 rings (SSSR count). The molecular formula is C32H29N2O6. The summed E-state index contributed by atoms with van der Waals surface area (Å²) in [5.41, 5.74) is 12.9. The van der Waals surface area contributed by atoms with Crippen molar-refractivity contribution in [2.75, 3.05) is 32.3 Å². The van der Waals surface area contributed by atoms with Crippen LogP contribution in [0.15, 0.2) is 91.0 Å². The second-order valence-corrected chi connectivity index (χ2v) is 9.28. The molecule has 4 aromatic rings. The van der Waals surface area contributed by atoms with Gasteiger partial charge in [-0.15, -0.1) is 0 Å². The van der Waals surface area contributed by atoms with Gasteiger partial charge in [0.2, 0.25) is 0 Å². The van der Waals surface area contributed by atoms with E-state index in [2.05, 4.69) is 24.3 Å². The topological polar surface area (TPSA) is 98.1 Å². The summed E-state index contributed by atoms with van der Waals surface area (Å²) in [6, 6.07) is 28.6. The monoisotopic (exact) mass is 537 g/mol. The lowest BCUT2D eigenvalue weighted by Crippen LogP contribution is -2.32. The number of carbonyl (C=O) groups is 2. The molecule has 203 valence electrons. The van der Waals surface area contributed by atoms with Crippen molar-refractivity contribution in [2.45, 2.75) is 12.5 Å². The number of carbonyl (C=O) groups excluding carboxylic acids is 2. The Morgan fingerprint density at radius 2 is 1.43 bits per heavy atom. The Labute approximate surface area is 232 Å². The van der Waals surface area contributed by atoms with Gasteiger partial charge in [-0.3, -0.25) is 15.4 Å². The first-order valence-corrected chi connectivity index (χ1v) is 12.8. The van der Waals surface area contributed by atoms with E-state index in [-0.39, 0.29) is 25.7 Å². The van der Waals surface area contributed by atoms with Gasteiger partial charge in [-0.1, -0.05) is 60.7 Å². The predicted octanol–water partition coefficient (Wildman–Crippen LogP) is 5.85. The lowest BCUT2D eigenvalue weighted by Gasteiger charge is -2.25. The number of hydrogen-bond acceptors (Lipinski definition) is 6. The van der Waals surface area contributed by atoms with Crippen LogP contribution in [0.4, 0.5) is 10.5 Å². The largest absolute Gasteiger partial charge is 0.497 e. The van der Waals surface area contributed by atoms with Gasteiger partial charge in [-0.05, 0) is 52.1 Å². The summed E-state index contributed by atoms with van der Waals surface area (Å²) < 4.78 is 22.2. The van der Waals surface area contributed by atoms with Gasteiger partial charge in [0.05, 0.1) is 26.5 Å². The third-order valence-electron chi connectivity index (χ3n) is 6.87. The van der Waals surface area contributed by atoms with Gasteiger partial charge in [0.25, 0.3) is 5.91 Å². The van der Waals surface area contributed by atoms with E-state index >= 15 is 0 Å². The molecular weight excluding hydrogens is 508 g/mol. The van der Waals surface area contributed by atoms with Gasteiger partial charge in [0.1, 0.15) is 23.9 Å². The van der Waals surface area contributed by atoms with Crippen LogP contribution in [0.5, 0.6) is 17.2 Å². The normalized spacial score (nSPS) is 11.8. The minimum Gasteiger partial charge on any atom is -0.497 e. The molecule has 0 aromatic heterocycles. The third kappa shape index (κ3) is 5.56. The first kappa shape index (κ1) is 26.6. The lowest BCUT2D eigenvalue weighted by atomic mass is 9.98. The Morgan fingerprint density at radius 3 is 2.02 bits per heavy atom. The van der Waals surface area contributed by atoms with E-state index in [4.69, 9.17) is 24.7 Å². The molecule has 1 aliphatic rings. The molecule has 8 heteroatoms. The molecule has 0 heterocycles. The van der Waals surface area contributed by atoms with E-state index in [1.54, 1.807) is 49.6 Å². The average Bonchev–Trinajstić information content (AvgIpc) is 3.31. The summed E-state index contributed by atoms with van der Waals surface area (Å²) in [4.78, 5) is 26.2. The molecule has 0 aliphatic heterocycles. The summed E-state index contributed by atoms with van der Waals surface area (Å²) >= 11 is 0. The van der Waals surface area contributed by atoms with E-state index in [0.29, 0.717) is 22.9 Å². The molecule has 0 atom stereocenters. The van der Waals surface area contributed by atoms with E-state index < -0.39 is 12.0 Å². The minimum absolute atomic E-state index is 0.0767. The van der Waals surface area contributed by atoms with Gasteiger partial charge in [0.15, 0.2) is 6.61 Å². The fourth-order valence-corrected chi connectivity index (χ4v) is 4.95. The fourth-order valence-electron chi connectivity index (χ4n) is 4.95. The van der Waals surface area contributed by atoms with Crippen LogP contribution in [0.2, 0.25) is 0 Å². The summed E-state index contributed by atoms with van der Waals surface area (Å²) in [5, 5.41) is 0. The number of nitrogens with zero attached hydrogens (tertiary/aromatic N) is 1. The molecule has 1 aliphatic carbocycles. The summed E-state index contributed by atoms with van der Waals surface area (Å²) in [7, 11) is 3.10. The second-order valence-electron chi connectivity index (χ2n) is 9.28. The highest BCUT2D eigenvalue weighted by atomic mass is 16.6. The van der Waals surface area contributed by atoms with Crippen LogP contribution in [0.25, 0.3) is 11.1 Å². The molecule has 0 unspecified atom stereocenters. The SMILES string of the molecule is COc1ccc(N(Cc2ccc(OCC([NH])=O)cc2)C(=O)OCC2c3ccccc3-c3ccccc32)c(OC)c1. The third-order valence-corrected chi connectivity index (χ3v) is 6.87. The molecule has 8 nitrogen and oxygen atoms in total. The zero-order chi connectivity index (χ0) is 28.1. The highest BCUT2D eigenvalue weighted by Crippen LogP contribution is 2.44. The van der Waals surface area contributed by atoms with Crippen LogP contribution in [0.3, 0.4) is 0 Å². The van der Waals surface area contributed by atoms with Crippen LogP contribution >= 0.6 is 0 Å². The number of nitrogens with one attached hydrogen (secondary N) is 1. The van der Waals surface area contributed by atoms with Crippen LogP contribution in [0.1, 0.15) is 22.6 Å². The summed E-state index contributed by atoms with van der Waals surface area (Å²) in [6.07, 6.45) is -0.523. The van der Waals surface area contributed by atoms with Gasteiger partial charge in [0, 0.05) is 12.0 Å². The number of ether oxygens (including phenoxy) is 4. The standard InChI is InChI=1S/C32H29N2O6/c1-37-23-15-16-29(30(17-23)38-2)34(18-21-11-13-22(14-12-21)39-20-31(33)35)32(36)40-19-28-26-9-5-3-7-24(26)25-8-4-6-10-27(25)28/h3-17,28,33H,18-20H2,1-2H3. The lowest BCUT2D eigenvalue weighted by molar-refractivity contribution is -0.120. The Bertz CT molecular complexity index is 1470. The quantitative estimate of drug-likeness (QED) is 0.252. The first-order valence-electron chi connectivity index (χ1n) is 12.8. The van der Waals surface area contributed by atoms with E-state index in [1.807, 2.05) is 24.3 Å². The van der Waals surface area contributed by atoms with Crippen molar-refractivity contribution in [3.8, 4) is 28.4 Å². The molecule has 1 N–H and O–H groups in total. The van der Waals surface area contributed by atoms with Crippen molar-refractivity contribution < 1.29 is 28.5 Å². The molecule has 0 bridgehead atoms. The van der Waals surface area contributed by atoms with Crippen molar-refractivity contribution in [2.24, 2.45) is 0 Å². The first-order chi connectivity index (χ1) is 19.5. The number of anilines is 1. The highest BCUT2D eigenvalue weighted by Gasteiger charge is 2.30. The van der Waals surface area contributed by atoms with Crippen LogP contribution in [-0.4, -0.2) is 39.4 Å². The van der Waals surface area contributed by atoms with Crippen molar-refractivity contribution in [3.05, 3.63) is 108 Å². The Hall–Kier alpha value is -4.98. The zero-order valence-corrected chi connectivity index (χ0v) is 22.3. The molecule has 0 saturated heterocycles.